The number of amides is 1. The number of carbonyl (C=O) groups is 1. The van der Waals surface area contributed by atoms with Gasteiger partial charge in [0.05, 0.1) is 6.61 Å². The van der Waals surface area contributed by atoms with Gasteiger partial charge in [-0.25, -0.2) is 4.79 Å². The second-order valence-electron chi connectivity index (χ2n) is 7.79. The van der Waals surface area contributed by atoms with Crippen molar-refractivity contribution in [3.63, 3.8) is 0 Å². The molecular weight excluding hydrogens is 376 g/mol. The first-order valence-electron chi connectivity index (χ1n) is 11.2. The highest BCUT2D eigenvalue weighted by Crippen LogP contribution is 2.21. The Kier molecular flexibility index (Phi) is 8.42. The SMILES string of the molecule is CCCCOc1ccc(OC(=O)N2CCN(c3ccc(CCCC)cc3)CC2)cc1. The number of ether oxygens (including phenoxy) is 2. The molecule has 0 atom stereocenters. The van der Waals surface area contributed by atoms with E-state index in [2.05, 4.69) is 43.0 Å². The van der Waals surface area contributed by atoms with Crippen molar-refractivity contribution in [2.75, 3.05) is 37.7 Å². The van der Waals surface area contributed by atoms with Crippen LogP contribution in [0.2, 0.25) is 0 Å². The van der Waals surface area contributed by atoms with Gasteiger partial charge in [0, 0.05) is 31.9 Å². The molecule has 1 heterocycles. The van der Waals surface area contributed by atoms with Crippen molar-refractivity contribution < 1.29 is 14.3 Å². The van der Waals surface area contributed by atoms with Crippen molar-refractivity contribution in [3.05, 3.63) is 54.1 Å². The van der Waals surface area contributed by atoms with Gasteiger partial charge < -0.3 is 19.3 Å². The Bertz CT molecular complexity index is 766. The molecule has 162 valence electrons. The van der Waals surface area contributed by atoms with Gasteiger partial charge in [-0.2, -0.15) is 0 Å². The first kappa shape index (κ1) is 22.0. The predicted molar refractivity (Wildman–Crippen MR) is 122 cm³/mol. The number of benzene rings is 2. The van der Waals surface area contributed by atoms with Crippen molar-refractivity contribution >= 4 is 11.8 Å². The van der Waals surface area contributed by atoms with Crippen molar-refractivity contribution in [1.29, 1.82) is 0 Å². The summed E-state index contributed by atoms with van der Waals surface area (Å²) >= 11 is 0. The zero-order valence-electron chi connectivity index (χ0n) is 18.3. The molecule has 0 aromatic heterocycles. The lowest BCUT2D eigenvalue weighted by atomic mass is 10.1. The number of carbonyl (C=O) groups excluding carboxylic acids is 1. The molecule has 1 aliphatic rings. The van der Waals surface area contributed by atoms with Gasteiger partial charge in [0.15, 0.2) is 0 Å². The number of piperazine rings is 1. The van der Waals surface area contributed by atoms with Gasteiger partial charge in [0.25, 0.3) is 0 Å². The van der Waals surface area contributed by atoms with Crippen LogP contribution in [0.5, 0.6) is 11.5 Å². The van der Waals surface area contributed by atoms with E-state index in [1.165, 1.54) is 24.1 Å². The molecule has 1 amide bonds. The van der Waals surface area contributed by atoms with Crippen LogP contribution in [0.3, 0.4) is 0 Å². The number of hydrogen-bond donors (Lipinski definition) is 0. The Labute approximate surface area is 180 Å². The minimum absolute atomic E-state index is 0.288. The third kappa shape index (κ3) is 6.41. The lowest BCUT2D eigenvalue weighted by Crippen LogP contribution is -2.49. The molecule has 2 aromatic carbocycles. The number of hydrogen-bond acceptors (Lipinski definition) is 4. The molecule has 5 heteroatoms. The maximum atomic E-state index is 12.5. The topological polar surface area (TPSA) is 42.0 Å². The third-order valence-electron chi connectivity index (χ3n) is 5.45. The van der Waals surface area contributed by atoms with Gasteiger partial charge in [-0.1, -0.05) is 38.8 Å². The van der Waals surface area contributed by atoms with E-state index in [0.717, 1.165) is 38.1 Å². The Morgan fingerprint density at radius 3 is 2.10 bits per heavy atom. The van der Waals surface area contributed by atoms with Crippen molar-refractivity contribution in [2.45, 2.75) is 46.0 Å². The van der Waals surface area contributed by atoms with Crippen molar-refractivity contribution in [2.24, 2.45) is 0 Å². The highest BCUT2D eigenvalue weighted by atomic mass is 16.6. The lowest BCUT2D eigenvalue weighted by Gasteiger charge is -2.35. The average Bonchev–Trinajstić information content (AvgIpc) is 2.79. The number of nitrogens with zero attached hydrogens (tertiary/aromatic N) is 2. The maximum Gasteiger partial charge on any atom is 0.415 e. The van der Waals surface area contributed by atoms with Crippen molar-refractivity contribution in [3.8, 4) is 11.5 Å². The molecule has 2 aromatic rings. The highest BCUT2D eigenvalue weighted by Gasteiger charge is 2.22. The van der Waals surface area contributed by atoms with Crippen LogP contribution in [-0.2, 0) is 6.42 Å². The molecule has 0 radical (unpaired) electrons. The summed E-state index contributed by atoms with van der Waals surface area (Å²) in [5, 5.41) is 0. The number of aryl methyl sites for hydroxylation is 1. The van der Waals surface area contributed by atoms with E-state index in [-0.39, 0.29) is 6.09 Å². The lowest BCUT2D eigenvalue weighted by molar-refractivity contribution is 0.149. The largest absolute Gasteiger partial charge is 0.494 e. The van der Waals surface area contributed by atoms with Crippen LogP contribution >= 0.6 is 0 Å². The van der Waals surface area contributed by atoms with Crippen LogP contribution in [0.25, 0.3) is 0 Å². The molecule has 0 unspecified atom stereocenters. The van der Waals surface area contributed by atoms with E-state index in [4.69, 9.17) is 9.47 Å². The van der Waals surface area contributed by atoms with Gasteiger partial charge in [0.2, 0.25) is 0 Å². The van der Waals surface area contributed by atoms with Crippen LogP contribution in [-0.4, -0.2) is 43.8 Å². The maximum absolute atomic E-state index is 12.5. The molecule has 0 saturated carbocycles. The Morgan fingerprint density at radius 2 is 1.47 bits per heavy atom. The van der Waals surface area contributed by atoms with E-state index < -0.39 is 0 Å². The summed E-state index contributed by atoms with van der Waals surface area (Å²) in [7, 11) is 0. The van der Waals surface area contributed by atoms with Crippen LogP contribution < -0.4 is 14.4 Å². The first-order chi connectivity index (χ1) is 14.7. The molecule has 1 fully saturated rings. The van der Waals surface area contributed by atoms with Gasteiger partial charge >= 0.3 is 6.09 Å². The summed E-state index contributed by atoms with van der Waals surface area (Å²) in [5.41, 5.74) is 2.62. The van der Waals surface area contributed by atoms with E-state index in [9.17, 15) is 4.79 Å². The Hall–Kier alpha value is -2.69. The quantitative estimate of drug-likeness (QED) is 0.510. The fourth-order valence-electron chi connectivity index (χ4n) is 3.51. The predicted octanol–water partition coefficient (Wildman–Crippen LogP) is 5.53. The zero-order valence-corrected chi connectivity index (χ0v) is 18.3. The second kappa shape index (κ2) is 11.5. The normalized spacial score (nSPS) is 13.9. The monoisotopic (exact) mass is 410 g/mol. The number of anilines is 1. The summed E-state index contributed by atoms with van der Waals surface area (Å²) in [6.45, 7) is 8.01. The summed E-state index contributed by atoms with van der Waals surface area (Å²) in [4.78, 5) is 16.6. The van der Waals surface area contributed by atoms with Gasteiger partial charge in [-0.15, -0.1) is 0 Å². The van der Waals surface area contributed by atoms with Crippen LogP contribution in [0, 0.1) is 0 Å². The Balaban J connectivity index is 1.44. The summed E-state index contributed by atoms with van der Waals surface area (Å²) in [6, 6.07) is 16.1. The summed E-state index contributed by atoms with van der Waals surface area (Å²) < 4.78 is 11.2. The molecule has 1 saturated heterocycles. The van der Waals surface area contributed by atoms with Crippen molar-refractivity contribution in [1.82, 2.24) is 4.90 Å². The summed E-state index contributed by atoms with van der Waals surface area (Å²) in [5.74, 6) is 1.35. The molecule has 0 bridgehead atoms. The minimum Gasteiger partial charge on any atom is -0.494 e. The van der Waals surface area contributed by atoms with Crippen LogP contribution in [0.1, 0.15) is 45.1 Å². The fourth-order valence-corrected chi connectivity index (χ4v) is 3.51. The van der Waals surface area contributed by atoms with E-state index in [1.807, 2.05) is 12.1 Å². The molecular formula is C25H34N2O3. The third-order valence-corrected chi connectivity index (χ3v) is 5.45. The summed E-state index contributed by atoms with van der Waals surface area (Å²) in [6.07, 6.45) is 5.44. The Morgan fingerprint density at radius 1 is 0.833 bits per heavy atom. The van der Waals surface area contributed by atoms with E-state index in [0.29, 0.717) is 25.4 Å². The molecule has 0 spiro atoms. The molecule has 30 heavy (non-hydrogen) atoms. The zero-order chi connectivity index (χ0) is 21.2. The second-order valence-corrected chi connectivity index (χ2v) is 7.79. The molecule has 1 aliphatic heterocycles. The van der Waals surface area contributed by atoms with E-state index >= 15 is 0 Å². The van der Waals surface area contributed by atoms with Gasteiger partial charge in [-0.3, -0.25) is 0 Å². The standard InChI is InChI=1S/C25H34N2O3/c1-3-5-7-21-8-10-22(11-9-21)26-16-18-27(19-17-26)25(28)30-24-14-12-23(13-15-24)29-20-6-4-2/h8-15H,3-7,16-20H2,1-2H3. The number of rotatable bonds is 9. The molecule has 5 nitrogen and oxygen atoms in total. The average molecular weight is 411 g/mol. The first-order valence-corrected chi connectivity index (χ1v) is 11.2. The van der Waals surface area contributed by atoms with Crippen LogP contribution in [0.4, 0.5) is 10.5 Å². The van der Waals surface area contributed by atoms with E-state index in [1.54, 1.807) is 17.0 Å². The van der Waals surface area contributed by atoms with Gasteiger partial charge in [0.1, 0.15) is 11.5 Å². The highest BCUT2D eigenvalue weighted by molar-refractivity contribution is 5.71. The molecule has 0 aliphatic carbocycles. The molecule has 3 rings (SSSR count). The fraction of sp³-hybridized carbons (Fsp3) is 0.480. The smallest absolute Gasteiger partial charge is 0.415 e. The number of unbranched alkanes of at least 4 members (excludes halogenated alkanes) is 2. The molecule has 0 N–H and O–H groups in total. The van der Waals surface area contributed by atoms with Crippen LogP contribution in [0.15, 0.2) is 48.5 Å². The van der Waals surface area contributed by atoms with Gasteiger partial charge in [-0.05, 0) is 61.2 Å². The minimum atomic E-state index is -0.288.